The third-order valence-corrected chi connectivity index (χ3v) is 7.43. The van der Waals surface area contributed by atoms with Crippen LogP contribution in [0.3, 0.4) is 0 Å². The zero-order valence-corrected chi connectivity index (χ0v) is 22.6. The van der Waals surface area contributed by atoms with Gasteiger partial charge in [0, 0.05) is 55.0 Å². The number of amides is 2. The van der Waals surface area contributed by atoms with Gasteiger partial charge < -0.3 is 15.5 Å². The summed E-state index contributed by atoms with van der Waals surface area (Å²) in [6.07, 6.45) is 1.53. The van der Waals surface area contributed by atoms with Crippen LogP contribution in [-0.4, -0.2) is 53.8 Å². The van der Waals surface area contributed by atoms with E-state index in [0.717, 1.165) is 32.5 Å². The molecule has 0 unspecified atom stereocenters. The summed E-state index contributed by atoms with van der Waals surface area (Å²) in [5, 5.41) is 0.711. The van der Waals surface area contributed by atoms with Crippen molar-refractivity contribution in [2.45, 2.75) is 39.3 Å². The molecule has 1 heterocycles. The largest absolute Gasteiger partial charge is 0.366 e. The second-order valence-corrected chi connectivity index (χ2v) is 9.96. The summed E-state index contributed by atoms with van der Waals surface area (Å²) < 4.78 is 15.4. The average molecular weight is 537 g/mol. The lowest BCUT2D eigenvalue weighted by molar-refractivity contribution is 0.0772. The van der Waals surface area contributed by atoms with Gasteiger partial charge in [0.25, 0.3) is 11.8 Å². The molecule has 1 aliphatic rings. The summed E-state index contributed by atoms with van der Waals surface area (Å²) in [4.78, 5) is 31.2. The Morgan fingerprint density at radius 1 is 0.974 bits per heavy atom. The maximum absolute atomic E-state index is 15.4. The first-order valence-corrected chi connectivity index (χ1v) is 13.4. The molecule has 1 fully saturated rings. The van der Waals surface area contributed by atoms with Crippen molar-refractivity contribution in [3.05, 3.63) is 94.3 Å². The molecular formula is C30H34ClFN4O2. The number of nitrogens with two attached hydrogens (primary N) is 1. The molecule has 4 rings (SSSR count). The van der Waals surface area contributed by atoms with Gasteiger partial charge in [0.1, 0.15) is 5.82 Å². The van der Waals surface area contributed by atoms with Crippen molar-refractivity contribution in [2.75, 3.05) is 31.1 Å². The number of piperidine rings is 1. The molecular weight excluding hydrogens is 503 g/mol. The summed E-state index contributed by atoms with van der Waals surface area (Å²) >= 11 is 6.03. The number of halogens is 2. The molecule has 200 valence electrons. The second kappa shape index (κ2) is 12.4. The van der Waals surface area contributed by atoms with Crippen LogP contribution in [0.25, 0.3) is 0 Å². The van der Waals surface area contributed by atoms with E-state index in [0.29, 0.717) is 29.4 Å². The van der Waals surface area contributed by atoms with Crippen molar-refractivity contribution in [1.29, 1.82) is 0 Å². The summed E-state index contributed by atoms with van der Waals surface area (Å²) in [6, 6.07) is 19.4. The quantitative estimate of drug-likeness (QED) is 0.372. The number of benzene rings is 3. The van der Waals surface area contributed by atoms with E-state index in [1.165, 1.54) is 17.7 Å². The molecule has 0 atom stereocenters. The SMILES string of the molecule is CCN(CC)C(=O)c1ccc(N(c2c(F)cccc2C(N)=O)C2CCN(Cc3ccc(Cl)cc3)CC2)cc1. The molecule has 0 spiro atoms. The molecule has 0 saturated carbocycles. The minimum absolute atomic E-state index is 0.0488. The Labute approximate surface area is 228 Å². The minimum atomic E-state index is -0.682. The zero-order valence-electron chi connectivity index (χ0n) is 21.9. The predicted molar refractivity (Wildman–Crippen MR) is 151 cm³/mol. The topological polar surface area (TPSA) is 69.9 Å². The van der Waals surface area contributed by atoms with Gasteiger partial charge in [0.05, 0.1) is 11.3 Å². The monoisotopic (exact) mass is 536 g/mol. The Morgan fingerprint density at radius 2 is 1.61 bits per heavy atom. The highest BCUT2D eigenvalue weighted by Gasteiger charge is 2.30. The van der Waals surface area contributed by atoms with Crippen LogP contribution >= 0.6 is 11.6 Å². The molecule has 8 heteroatoms. The first-order chi connectivity index (χ1) is 18.3. The molecule has 0 bridgehead atoms. The Bertz CT molecular complexity index is 1250. The number of primary amides is 1. The predicted octanol–water partition coefficient (Wildman–Crippen LogP) is 5.86. The standard InChI is InChI=1S/C30H34ClFN4O2/c1-3-35(4-2)30(38)22-10-14-24(15-11-22)36(28-26(29(33)37)6-5-7-27(28)32)25-16-18-34(19-17-25)20-21-8-12-23(31)13-9-21/h5-15,25H,3-4,16-20H2,1-2H3,(H2,33,37). The molecule has 0 aliphatic carbocycles. The van der Waals surface area contributed by atoms with Gasteiger partial charge in [0.2, 0.25) is 0 Å². The lowest BCUT2D eigenvalue weighted by atomic mass is 9.98. The van der Waals surface area contributed by atoms with E-state index in [9.17, 15) is 9.59 Å². The fraction of sp³-hybridized carbons (Fsp3) is 0.333. The number of para-hydroxylation sites is 1. The van der Waals surface area contributed by atoms with E-state index in [4.69, 9.17) is 17.3 Å². The molecule has 1 saturated heterocycles. The van der Waals surface area contributed by atoms with Gasteiger partial charge in [-0.25, -0.2) is 4.39 Å². The molecule has 0 radical (unpaired) electrons. The lowest BCUT2D eigenvalue weighted by Crippen LogP contribution is -2.43. The van der Waals surface area contributed by atoms with E-state index < -0.39 is 11.7 Å². The van der Waals surface area contributed by atoms with Gasteiger partial charge in [-0.1, -0.05) is 29.8 Å². The number of anilines is 2. The van der Waals surface area contributed by atoms with Crippen molar-refractivity contribution in [2.24, 2.45) is 5.73 Å². The summed E-state index contributed by atoms with van der Waals surface area (Å²) in [5.41, 5.74) is 8.46. The number of rotatable bonds is 9. The van der Waals surface area contributed by atoms with Crippen LogP contribution in [0, 0.1) is 5.82 Å². The second-order valence-electron chi connectivity index (χ2n) is 9.53. The van der Waals surface area contributed by atoms with Crippen molar-refractivity contribution in [1.82, 2.24) is 9.80 Å². The summed E-state index contributed by atoms with van der Waals surface area (Å²) in [6.45, 7) is 7.55. The number of carbonyl (C=O) groups excluding carboxylic acids is 2. The highest BCUT2D eigenvalue weighted by molar-refractivity contribution is 6.30. The van der Waals surface area contributed by atoms with Gasteiger partial charge in [-0.15, -0.1) is 0 Å². The molecule has 2 amide bonds. The third-order valence-electron chi connectivity index (χ3n) is 7.18. The summed E-state index contributed by atoms with van der Waals surface area (Å²) in [5.74, 6) is -1.24. The number of carbonyl (C=O) groups is 2. The summed E-state index contributed by atoms with van der Waals surface area (Å²) in [7, 11) is 0. The van der Waals surface area contributed by atoms with Crippen LogP contribution in [-0.2, 0) is 6.54 Å². The van der Waals surface area contributed by atoms with Crippen LogP contribution in [0.5, 0.6) is 0 Å². The molecule has 3 aromatic rings. The molecule has 0 aromatic heterocycles. The number of hydrogen-bond acceptors (Lipinski definition) is 4. The van der Waals surface area contributed by atoms with E-state index in [-0.39, 0.29) is 23.2 Å². The number of hydrogen-bond donors (Lipinski definition) is 1. The zero-order chi connectivity index (χ0) is 27.2. The highest BCUT2D eigenvalue weighted by Crippen LogP contribution is 2.36. The number of nitrogens with zero attached hydrogens (tertiary/aromatic N) is 3. The fourth-order valence-corrected chi connectivity index (χ4v) is 5.25. The van der Waals surface area contributed by atoms with E-state index >= 15 is 4.39 Å². The van der Waals surface area contributed by atoms with Gasteiger partial charge in [-0.05, 0) is 80.8 Å². The highest BCUT2D eigenvalue weighted by atomic mass is 35.5. The minimum Gasteiger partial charge on any atom is -0.366 e. The molecule has 38 heavy (non-hydrogen) atoms. The molecule has 6 nitrogen and oxygen atoms in total. The first kappa shape index (κ1) is 27.6. The average Bonchev–Trinajstić information content (AvgIpc) is 2.93. The van der Waals surface area contributed by atoms with Crippen LogP contribution in [0.4, 0.5) is 15.8 Å². The van der Waals surface area contributed by atoms with Crippen LogP contribution < -0.4 is 10.6 Å². The van der Waals surface area contributed by atoms with E-state index in [1.807, 2.05) is 55.1 Å². The van der Waals surface area contributed by atoms with E-state index in [2.05, 4.69) is 4.90 Å². The smallest absolute Gasteiger partial charge is 0.253 e. The maximum atomic E-state index is 15.4. The van der Waals surface area contributed by atoms with Crippen molar-refractivity contribution in [3.63, 3.8) is 0 Å². The van der Waals surface area contributed by atoms with Gasteiger partial charge in [-0.2, -0.15) is 0 Å². The van der Waals surface area contributed by atoms with Crippen LogP contribution in [0.15, 0.2) is 66.7 Å². The number of likely N-dealkylation sites (tertiary alicyclic amines) is 1. The Kier molecular flexibility index (Phi) is 9.02. The Morgan fingerprint density at radius 3 is 2.18 bits per heavy atom. The van der Waals surface area contributed by atoms with Gasteiger partial charge >= 0.3 is 0 Å². The normalized spacial score (nSPS) is 14.3. The van der Waals surface area contributed by atoms with Crippen molar-refractivity contribution < 1.29 is 14.0 Å². The molecule has 3 aromatic carbocycles. The third kappa shape index (κ3) is 6.17. The van der Waals surface area contributed by atoms with Crippen LogP contribution in [0.2, 0.25) is 5.02 Å². The van der Waals surface area contributed by atoms with Gasteiger partial charge in [0.15, 0.2) is 0 Å². The fourth-order valence-electron chi connectivity index (χ4n) is 5.12. The van der Waals surface area contributed by atoms with E-state index in [1.54, 1.807) is 23.1 Å². The molecule has 1 aliphatic heterocycles. The van der Waals surface area contributed by atoms with Crippen molar-refractivity contribution >= 4 is 34.8 Å². The Balaban J connectivity index is 1.63. The Hall–Kier alpha value is -3.42. The van der Waals surface area contributed by atoms with Crippen molar-refractivity contribution in [3.8, 4) is 0 Å². The van der Waals surface area contributed by atoms with Gasteiger partial charge in [-0.3, -0.25) is 14.5 Å². The molecule has 2 N–H and O–H groups in total. The maximum Gasteiger partial charge on any atom is 0.253 e. The van der Waals surface area contributed by atoms with Crippen LogP contribution in [0.1, 0.15) is 53.0 Å². The lowest BCUT2D eigenvalue weighted by Gasteiger charge is -2.40. The first-order valence-electron chi connectivity index (χ1n) is 13.1.